The molecule has 2 heteroatoms. The Labute approximate surface area is 89.3 Å². The van der Waals surface area contributed by atoms with Gasteiger partial charge < -0.3 is 10.1 Å². The van der Waals surface area contributed by atoms with Gasteiger partial charge in [0.2, 0.25) is 0 Å². The number of para-hydroxylation sites is 1. The molecule has 0 saturated carbocycles. The van der Waals surface area contributed by atoms with E-state index in [-0.39, 0.29) is 0 Å². The van der Waals surface area contributed by atoms with Crippen molar-refractivity contribution in [3.8, 4) is 0 Å². The molecule has 78 valence electrons. The molecule has 15 heavy (non-hydrogen) atoms. The number of aromatic amines is 1. The van der Waals surface area contributed by atoms with E-state index in [9.17, 15) is 5.11 Å². The van der Waals surface area contributed by atoms with Crippen LogP contribution in [0.3, 0.4) is 0 Å². The Bertz CT molecular complexity index is 458. The highest BCUT2D eigenvalue weighted by atomic mass is 16.3. The summed E-state index contributed by atoms with van der Waals surface area (Å²) in [5.74, 6) is 0. The number of H-pyrrole nitrogens is 1. The van der Waals surface area contributed by atoms with Crippen molar-refractivity contribution >= 4 is 10.9 Å². The minimum atomic E-state index is -0.404. The van der Waals surface area contributed by atoms with Gasteiger partial charge in [-0.1, -0.05) is 24.3 Å². The molecule has 0 fully saturated rings. The number of aromatic nitrogens is 1. The molecule has 0 aliphatic carbocycles. The van der Waals surface area contributed by atoms with Crippen molar-refractivity contribution in [1.82, 2.24) is 4.98 Å². The zero-order valence-corrected chi connectivity index (χ0v) is 8.61. The smallest absolute Gasteiger partial charge is 0.0721 e. The van der Waals surface area contributed by atoms with Crippen LogP contribution in [0.25, 0.3) is 10.9 Å². The van der Waals surface area contributed by atoms with Crippen molar-refractivity contribution in [2.45, 2.75) is 18.9 Å². The first-order valence-corrected chi connectivity index (χ1v) is 5.17. The molecule has 1 heterocycles. The van der Waals surface area contributed by atoms with Gasteiger partial charge in [0, 0.05) is 17.1 Å². The van der Waals surface area contributed by atoms with Gasteiger partial charge in [-0.3, -0.25) is 0 Å². The van der Waals surface area contributed by atoms with Crippen molar-refractivity contribution in [3.05, 3.63) is 48.7 Å². The summed E-state index contributed by atoms with van der Waals surface area (Å²) in [6.07, 6.45) is 4.79. The van der Waals surface area contributed by atoms with Gasteiger partial charge in [-0.05, 0) is 24.5 Å². The number of hydrogen-bond donors (Lipinski definition) is 2. The Kier molecular flexibility index (Phi) is 2.88. The van der Waals surface area contributed by atoms with Crippen LogP contribution < -0.4 is 0 Å². The summed E-state index contributed by atoms with van der Waals surface area (Å²) in [6, 6.07) is 8.20. The normalized spacial score (nSPS) is 12.9. The minimum Gasteiger partial charge on any atom is -0.389 e. The molecule has 0 amide bonds. The number of rotatable bonds is 4. The van der Waals surface area contributed by atoms with Gasteiger partial charge in [0.1, 0.15) is 0 Å². The molecule has 0 spiro atoms. The molecule has 1 aromatic carbocycles. The third kappa shape index (κ3) is 2.10. The van der Waals surface area contributed by atoms with Crippen molar-refractivity contribution in [1.29, 1.82) is 0 Å². The summed E-state index contributed by atoms with van der Waals surface area (Å²) in [6.45, 7) is 3.57. The number of hydrogen-bond acceptors (Lipinski definition) is 1. The first-order chi connectivity index (χ1) is 7.31. The highest BCUT2D eigenvalue weighted by Crippen LogP contribution is 2.19. The van der Waals surface area contributed by atoms with Crippen LogP contribution in [0.4, 0.5) is 0 Å². The third-order valence-corrected chi connectivity index (χ3v) is 2.66. The van der Waals surface area contributed by atoms with Gasteiger partial charge in [0.25, 0.3) is 0 Å². The fourth-order valence-electron chi connectivity index (χ4n) is 1.76. The van der Waals surface area contributed by atoms with Gasteiger partial charge in [0.05, 0.1) is 6.10 Å². The first-order valence-electron chi connectivity index (χ1n) is 5.17. The van der Waals surface area contributed by atoms with Crippen LogP contribution in [-0.4, -0.2) is 16.2 Å². The maximum atomic E-state index is 9.40. The van der Waals surface area contributed by atoms with Crippen molar-refractivity contribution in [2.24, 2.45) is 0 Å². The molecule has 0 saturated heterocycles. The van der Waals surface area contributed by atoms with E-state index < -0.39 is 6.10 Å². The Morgan fingerprint density at radius 2 is 2.20 bits per heavy atom. The first kappa shape index (κ1) is 9.99. The molecule has 0 aliphatic heterocycles. The second kappa shape index (κ2) is 4.32. The van der Waals surface area contributed by atoms with Crippen LogP contribution in [-0.2, 0) is 6.42 Å². The average Bonchev–Trinajstić information content (AvgIpc) is 2.69. The fraction of sp³-hybridized carbons (Fsp3) is 0.231. The molecule has 1 unspecified atom stereocenters. The molecule has 2 aromatic rings. The highest BCUT2D eigenvalue weighted by Gasteiger charge is 2.04. The number of aryl methyl sites for hydroxylation is 1. The van der Waals surface area contributed by atoms with Gasteiger partial charge >= 0.3 is 0 Å². The average molecular weight is 201 g/mol. The number of aliphatic hydroxyl groups excluding tert-OH is 1. The summed E-state index contributed by atoms with van der Waals surface area (Å²) in [7, 11) is 0. The highest BCUT2D eigenvalue weighted by molar-refractivity contribution is 5.82. The number of benzene rings is 1. The molecule has 2 rings (SSSR count). The van der Waals surface area contributed by atoms with E-state index in [1.165, 1.54) is 10.9 Å². The Balaban J connectivity index is 2.18. The molecular formula is C13H15NO. The maximum Gasteiger partial charge on any atom is 0.0721 e. The Morgan fingerprint density at radius 1 is 1.40 bits per heavy atom. The van der Waals surface area contributed by atoms with Crippen molar-refractivity contribution in [3.63, 3.8) is 0 Å². The fourth-order valence-corrected chi connectivity index (χ4v) is 1.76. The van der Waals surface area contributed by atoms with Gasteiger partial charge in [0.15, 0.2) is 0 Å². The van der Waals surface area contributed by atoms with E-state index in [2.05, 4.69) is 23.7 Å². The Morgan fingerprint density at radius 3 is 3.00 bits per heavy atom. The van der Waals surface area contributed by atoms with Crippen LogP contribution in [0.5, 0.6) is 0 Å². The molecule has 0 radical (unpaired) electrons. The lowest BCUT2D eigenvalue weighted by atomic mass is 10.1. The monoisotopic (exact) mass is 201 g/mol. The maximum absolute atomic E-state index is 9.40. The van der Waals surface area contributed by atoms with Crippen LogP contribution in [0.2, 0.25) is 0 Å². The van der Waals surface area contributed by atoms with Crippen LogP contribution in [0.15, 0.2) is 43.1 Å². The minimum absolute atomic E-state index is 0.404. The topological polar surface area (TPSA) is 36.0 Å². The van der Waals surface area contributed by atoms with Crippen molar-refractivity contribution < 1.29 is 5.11 Å². The number of aliphatic hydroxyl groups is 1. The lowest BCUT2D eigenvalue weighted by Crippen LogP contribution is -2.02. The van der Waals surface area contributed by atoms with Crippen LogP contribution in [0, 0.1) is 0 Å². The molecule has 2 N–H and O–H groups in total. The van der Waals surface area contributed by atoms with Gasteiger partial charge in [-0.15, -0.1) is 6.58 Å². The zero-order chi connectivity index (χ0) is 10.7. The predicted octanol–water partition coefficient (Wildman–Crippen LogP) is 2.65. The van der Waals surface area contributed by atoms with E-state index in [0.29, 0.717) is 0 Å². The van der Waals surface area contributed by atoms with Crippen LogP contribution in [0.1, 0.15) is 12.0 Å². The van der Waals surface area contributed by atoms with E-state index in [4.69, 9.17) is 0 Å². The van der Waals surface area contributed by atoms with Crippen molar-refractivity contribution in [2.75, 3.05) is 0 Å². The Hall–Kier alpha value is -1.54. The number of nitrogens with one attached hydrogen (secondary N) is 1. The molecule has 1 atom stereocenters. The SMILES string of the molecule is C=CC(O)CCc1c[nH]c2ccccc12. The quantitative estimate of drug-likeness (QED) is 0.733. The van der Waals surface area contributed by atoms with E-state index >= 15 is 0 Å². The second-order valence-corrected chi connectivity index (χ2v) is 3.70. The molecule has 2 nitrogen and oxygen atoms in total. The molecule has 0 aliphatic rings. The molecule has 0 bridgehead atoms. The second-order valence-electron chi connectivity index (χ2n) is 3.70. The van der Waals surface area contributed by atoms with E-state index in [1.54, 1.807) is 6.08 Å². The largest absolute Gasteiger partial charge is 0.389 e. The summed E-state index contributed by atoms with van der Waals surface area (Å²) in [4.78, 5) is 3.22. The van der Waals surface area contributed by atoms with Gasteiger partial charge in [-0.25, -0.2) is 0 Å². The summed E-state index contributed by atoms with van der Waals surface area (Å²) in [5, 5.41) is 10.6. The summed E-state index contributed by atoms with van der Waals surface area (Å²) in [5.41, 5.74) is 2.41. The number of fused-ring (bicyclic) bond motifs is 1. The lowest BCUT2D eigenvalue weighted by Gasteiger charge is -2.03. The summed E-state index contributed by atoms with van der Waals surface area (Å²) < 4.78 is 0. The third-order valence-electron chi connectivity index (χ3n) is 2.66. The van der Waals surface area contributed by atoms with Crippen LogP contribution >= 0.6 is 0 Å². The predicted molar refractivity (Wildman–Crippen MR) is 62.8 cm³/mol. The standard InChI is InChI=1S/C13H15NO/c1-2-11(15)8-7-10-9-14-13-6-4-3-5-12(10)13/h2-6,9,11,14-15H,1,7-8H2. The van der Waals surface area contributed by atoms with Gasteiger partial charge in [-0.2, -0.15) is 0 Å². The molecular weight excluding hydrogens is 186 g/mol. The zero-order valence-electron chi connectivity index (χ0n) is 8.61. The van der Waals surface area contributed by atoms with E-state index in [0.717, 1.165) is 18.4 Å². The summed E-state index contributed by atoms with van der Waals surface area (Å²) >= 11 is 0. The molecule has 1 aromatic heterocycles. The van der Waals surface area contributed by atoms with E-state index in [1.807, 2.05) is 18.3 Å². The lowest BCUT2D eigenvalue weighted by molar-refractivity contribution is 0.213.